The molecule has 18 heavy (non-hydrogen) atoms. The highest BCUT2D eigenvalue weighted by Gasteiger charge is 2.06. The molecule has 98 valence electrons. The van der Waals surface area contributed by atoms with Crippen molar-refractivity contribution in [3.63, 3.8) is 0 Å². The quantitative estimate of drug-likeness (QED) is 0.796. The molecule has 0 spiro atoms. The molecule has 0 aliphatic rings. The van der Waals surface area contributed by atoms with Crippen molar-refractivity contribution >= 4 is 33.6 Å². The first-order valence-electron chi connectivity index (χ1n) is 5.60. The summed E-state index contributed by atoms with van der Waals surface area (Å²) in [7, 11) is 0. The monoisotopic (exact) mass is 313 g/mol. The molecule has 0 aliphatic carbocycles. The second-order valence-corrected chi connectivity index (χ2v) is 4.58. The number of hydrogen-bond acceptors (Lipinski definition) is 3. The van der Waals surface area contributed by atoms with Gasteiger partial charge in [-0.05, 0) is 37.6 Å². The highest BCUT2D eigenvalue weighted by atomic mass is 79.9. The van der Waals surface area contributed by atoms with E-state index in [-0.39, 0.29) is 12.5 Å². The second kappa shape index (κ2) is 7.00. The summed E-state index contributed by atoms with van der Waals surface area (Å²) in [5, 5.41) is 7.65. The van der Waals surface area contributed by atoms with E-state index in [9.17, 15) is 9.59 Å². The number of urea groups is 1. The molecule has 5 nitrogen and oxygen atoms in total. The van der Waals surface area contributed by atoms with Crippen LogP contribution >= 0.6 is 15.9 Å². The molecule has 0 saturated carbocycles. The Labute approximate surface area is 114 Å². The van der Waals surface area contributed by atoms with Gasteiger partial charge in [0, 0.05) is 16.7 Å². The number of carbonyl (C=O) groups excluding carboxylic acids is 2. The number of carbonyl (C=O) groups is 2. The molecule has 1 aromatic carbocycles. The smallest absolute Gasteiger partial charge is 0.321 e. The zero-order valence-corrected chi connectivity index (χ0v) is 11.9. The van der Waals surface area contributed by atoms with E-state index < -0.39 is 6.03 Å². The standard InChI is InChI=1S/C12H16BrN3O2/c1-3-14-12(18)16-11(17)7-15-9-4-5-10(13)8(2)6-9/h4-6,15H,3,7H2,1-2H3,(H2,14,16,17,18). The Hall–Kier alpha value is -1.56. The topological polar surface area (TPSA) is 70.2 Å². The predicted octanol–water partition coefficient (Wildman–Crippen LogP) is 2.02. The van der Waals surface area contributed by atoms with Gasteiger partial charge < -0.3 is 10.6 Å². The molecule has 0 saturated heterocycles. The average Bonchev–Trinajstić information content (AvgIpc) is 2.31. The van der Waals surface area contributed by atoms with Crippen LogP contribution in [0.4, 0.5) is 10.5 Å². The van der Waals surface area contributed by atoms with Crippen molar-refractivity contribution in [2.24, 2.45) is 0 Å². The normalized spacial score (nSPS) is 9.72. The lowest BCUT2D eigenvalue weighted by atomic mass is 10.2. The summed E-state index contributed by atoms with van der Waals surface area (Å²) < 4.78 is 1.01. The summed E-state index contributed by atoms with van der Waals surface area (Å²) in [6.07, 6.45) is 0. The maximum atomic E-state index is 11.4. The third kappa shape index (κ3) is 4.75. The Kier molecular flexibility index (Phi) is 5.64. The maximum absolute atomic E-state index is 11.4. The Morgan fingerprint density at radius 2 is 2.06 bits per heavy atom. The summed E-state index contributed by atoms with van der Waals surface area (Å²) in [4.78, 5) is 22.5. The van der Waals surface area contributed by atoms with Gasteiger partial charge in [-0.2, -0.15) is 0 Å². The van der Waals surface area contributed by atoms with Gasteiger partial charge in [0.1, 0.15) is 0 Å². The molecular formula is C12H16BrN3O2. The Bertz CT molecular complexity index is 449. The van der Waals surface area contributed by atoms with Gasteiger partial charge in [0.25, 0.3) is 0 Å². The molecule has 0 heterocycles. The fourth-order valence-electron chi connectivity index (χ4n) is 1.31. The first-order valence-corrected chi connectivity index (χ1v) is 6.40. The highest BCUT2D eigenvalue weighted by Crippen LogP contribution is 2.19. The molecule has 0 fully saturated rings. The average molecular weight is 314 g/mol. The number of rotatable bonds is 4. The first-order chi connectivity index (χ1) is 8.52. The highest BCUT2D eigenvalue weighted by molar-refractivity contribution is 9.10. The van der Waals surface area contributed by atoms with E-state index in [2.05, 4.69) is 31.9 Å². The molecule has 1 aromatic rings. The van der Waals surface area contributed by atoms with Crippen LogP contribution in [0.5, 0.6) is 0 Å². The molecule has 0 atom stereocenters. The van der Waals surface area contributed by atoms with Crippen molar-refractivity contribution < 1.29 is 9.59 Å². The molecule has 0 bridgehead atoms. The van der Waals surface area contributed by atoms with Gasteiger partial charge in [-0.1, -0.05) is 15.9 Å². The van der Waals surface area contributed by atoms with Crippen LogP contribution in [-0.2, 0) is 4.79 Å². The van der Waals surface area contributed by atoms with Gasteiger partial charge in [0.2, 0.25) is 5.91 Å². The van der Waals surface area contributed by atoms with Crippen LogP contribution in [0, 0.1) is 6.92 Å². The van der Waals surface area contributed by atoms with Gasteiger partial charge in [-0.25, -0.2) is 4.79 Å². The van der Waals surface area contributed by atoms with Gasteiger partial charge in [0.15, 0.2) is 0 Å². The van der Waals surface area contributed by atoms with Crippen molar-refractivity contribution in [1.82, 2.24) is 10.6 Å². The number of nitrogens with one attached hydrogen (secondary N) is 3. The summed E-state index contributed by atoms with van der Waals surface area (Å²) in [5.74, 6) is -0.374. The van der Waals surface area contributed by atoms with Gasteiger partial charge in [0.05, 0.1) is 6.54 Å². The number of hydrogen-bond donors (Lipinski definition) is 3. The Morgan fingerprint density at radius 3 is 2.67 bits per heavy atom. The summed E-state index contributed by atoms with van der Waals surface area (Å²) in [6.45, 7) is 4.29. The van der Waals surface area contributed by atoms with E-state index in [1.54, 1.807) is 6.92 Å². The van der Waals surface area contributed by atoms with Crippen molar-refractivity contribution in [2.75, 3.05) is 18.4 Å². The van der Waals surface area contributed by atoms with Gasteiger partial charge in [-0.15, -0.1) is 0 Å². The van der Waals surface area contributed by atoms with Crippen LogP contribution in [0.2, 0.25) is 0 Å². The molecule has 0 unspecified atom stereocenters. The number of imide groups is 1. The molecule has 1 rings (SSSR count). The fraction of sp³-hybridized carbons (Fsp3) is 0.333. The molecule has 3 N–H and O–H groups in total. The number of aryl methyl sites for hydroxylation is 1. The molecule has 6 heteroatoms. The number of amides is 3. The van der Waals surface area contributed by atoms with Crippen LogP contribution in [-0.4, -0.2) is 25.0 Å². The number of halogens is 1. The predicted molar refractivity (Wildman–Crippen MR) is 74.6 cm³/mol. The van der Waals surface area contributed by atoms with Crippen LogP contribution in [0.3, 0.4) is 0 Å². The van der Waals surface area contributed by atoms with Crippen LogP contribution < -0.4 is 16.0 Å². The van der Waals surface area contributed by atoms with E-state index in [4.69, 9.17) is 0 Å². The minimum absolute atomic E-state index is 0.0538. The number of benzene rings is 1. The molecule has 0 radical (unpaired) electrons. The van der Waals surface area contributed by atoms with Gasteiger partial charge in [-0.3, -0.25) is 10.1 Å². The minimum Gasteiger partial charge on any atom is -0.376 e. The zero-order chi connectivity index (χ0) is 13.5. The van der Waals surface area contributed by atoms with Crippen molar-refractivity contribution in [3.05, 3.63) is 28.2 Å². The molecule has 3 amide bonds. The van der Waals surface area contributed by atoms with Crippen LogP contribution in [0.1, 0.15) is 12.5 Å². The zero-order valence-electron chi connectivity index (χ0n) is 10.3. The van der Waals surface area contributed by atoms with Gasteiger partial charge >= 0.3 is 6.03 Å². The summed E-state index contributed by atoms with van der Waals surface area (Å²) >= 11 is 3.40. The maximum Gasteiger partial charge on any atom is 0.321 e. The molecule has 0 aromatic heterocycles. The summed E-state index contributed by atoms with van der Waals surface area (Å²) in [6, 6.07) is 5.20. The summed E-state index contributed by atoms with van der Waals surface area (Å²) in [5.41, 5.74) is 1.91. The van der Waals surface area contributed by atoms with E-state index in [1.165, 1.54) is 0 Å². The van der Waals surface area contributed by atoms with E-state index >= 15 is 0 Å². The first kappa shape index (κ1) is 14.5. The Morgan fingerprint density at radius 1 is 1.33 bits per heavy atom. The van der Waals surface area contributed by atoms with Crippen molar-refractivity contribution in [2.45, 2.75) is 13.8 Å². The van der Waals surface area contributed by atoms with E-state index in [0.29, 0.717) is 6.54 Å². The third-order valence-corrected chi connectivity index (χ3v) is 3.09. The van der Waals surface area contributed by atoms with Crippen molar-refractivity contribution in [3.8, 4) is 0 Å². The molecular weight excluding hydrogens is 298 g/mol. The molecule has 0 aliphatic heterocycles. The van der Waals surface area contributed by atoms with Crippen molar-refractivity contribution in [1.29, 1.82) is 0 Å². The lowest BCUT2D eigenvalue weighted by Crippen LogP contribution is -2.41. The third-order valence-electron chi connectivity index (χ3n) is 2.20. The lowest BCUT2D eigenvalue weighted by Gasteiger charge is -2.08. The SMILES string of the molecule is CCNC(=O)NC(=O)CNc1ccc(Br)c(C)c1. The Balaban J connectivity index is 2.42. The van der Waals surface area contributed by atoms with Crippen LogP contribution in [0.25, 0.3) is 0 Å². The second-order valence-electron chi connectivity index (χ2n) is 3.73. The lowest BCUT2D eigenvalue weighted by molar-refractivity contribution is -0.118. The number of anilines is 1. The largest absolute Gasteiger partial charge is 0.376 e. The van der Waals surface area contributed by atoms with E-state index in [0.717, 1.165) is 15.7 Å². The fourth-order valence-corrected chi connectivity index (χ4v) is 1.56. The minimum atomic E-state index is -0.476. The van der Waals surface area contributed by atoms with E-state index in [1.807, 2.05) is 25.1 Å². The van der Waals surface area contributed by atoms with Crippen LogP contribution in [0.15, 0.2) is 22.7 Å².